The molecule has 0 fully saturated rings. The molecular weight excluding hydrogens is 212 g/mol. The normalized spacial score (nSPS) is 18.9. The average Bonchev–Trinajstić information content (AvgIpc) is 2.15. The first-order valence-corrected chi connectivity index (χ1v) is 9.82. The molecule has 0 heterocycles. The van der Waals surface area contributed by atoms with Gasteiger partial charge in [0.05, 0.1) is 8.07 Å². The summed E-state index contributed by atoms with van der Waals surface area (Å²) >= 11 is 0. The summed E-state index contributed by atoms with van der Waals surface area (Å²) in [7, 11) is -1.27. The van der Waals surface area contributed by atoms with Crippen LogP contribution in [0.5, 0.6) is 0 Å². The molecule has 0 amide bonds. The highest BCUT2D eigenvalue weighted by molar-refractivity contribution is 6.81. The van der Waals surface area contributed by atoms with Gasteiger partial charge in [0, 0.05) is 0 Å². The van der Waals surface area contributed by atoms with Gasteiger partial charge >= 0.3 is 0 Å². The van der Waals surface area contributed by atoms with Crippen LogP contribution in [0.1, 0.15) is 39.5 Å². The van der Waals surface area contributed by atoms with Crippen molar-refractivity contribution in [2.45, 2.75) is 59.2 Å². The van der Waals surface area contributed by atoms with E-state index < -0.39 is 8.07 Å². The summed E-state index contributed by atoms with van der Waals surface area (Å²) in [5.41, 5.74) is 5.61. The second-order valence-electron chi connectivity index (χ2n) is 5.99. The number of ketones is 1. The summed E-state index contributed by atoms with van der Waals surface area (Å²) in [4.78, 5) is 12.3. The monoisotopic (exact) mass is 236 g/mol. The Labute approximate surface area is 101 Å². The van der Waals surface area contributed by atoms with Gasteiger partial charge in [-0.15, -0.1) is 0 Å². The Kier molecular flexibility index (Phi) is 4.31. The minimum atomic E-state index is -1.27. The Hall–Kier alpha value is -0.633. The Bertz CT molecular complexity index is 342. The number of allylic oxidation sites excluding steroid dienone is 3. The number of Topliss-reactive ketones (excluding diaryl/α,β-unsaturated/α-hetero) is 1. The highest BCUT2D eigenvalue weighted by Gasteiger charge is 2.19. The van der Waals surface area contributed by atoms with Crippen LogP contribution in [0.4, 0.5) is 0 Å². The van der Waals surface area contributed by atoms with E-state index in [1.54, 1.807) is 0 Å². The van der Waals surface area contributed by atoms with Gasteiger partial charge in [-0.3, -0.25) is 4.79 Å². The fourth-order valence-corrected chi connectivity index (χ4v) is 3.75. The van der Waals surface area contributed by atoms with Gasteiger partial charge in [-0.2, -0.15) is 0 Å². The molecule has 0 unspecified atom stereocenters. The van der Waals surface area contributed by atoms with E-state index in [2.05, 4.69) is 32.3 Å². The maximum atomic E-state index is 12.3. The summed E-state index contributed by atoms with van der Waals surface area (Å²) in [5.74, 6) is 0.305. The second kappa shape index (κ2) is 5.13. The largest absolute Gasteiger partial charge is 0.289 e. The van der Waals surface area contributed by atoms with Crippen LogP contribution < -0.4 is 0 Å². The van der Waals surface area contributed by atoms with Gasteiger partial charge in [0.1, 0.15) is 0 Å². The van der Waals surface area contributed by atoms with Crippen LogP contribution in [-0.2, 0) is 4.79 Å². The smallest absolute Gasteiger partial charge is 0.183 e. The average molecular weight is 236 g/mol. The van der Waals surface area contributed by atoms with E-state index in [9.17, 15) is 4.79 Å². The van der Waals surface area contributed by atoms with Crippen LogP contribution in [0.3, 0.4) is 0 Å². The third-order valence-corrected chi connectivity index (χ3v) is 4.32. The molecule has 16 heavy (non-hydrogen) atoms. The lowest BCUT2D eigenvalue weighted by Crippen LogP contribution is -2.19. The molecule has 0 N–H and O–H groups in total. The summed E-state index contributed by atoms with van der Waals surface area (Å²) < 4.78 is 0. The quantitative estimate of drug-likeness (QED) is 0.528. The van der Waals surface area contributed by atoms with Crippen molar-refractivity contribution in [1.82, 2.24) is 0 Å². The van der Waals surface area contributed by atoms with E-state index in [4.69, 9.17) is 0 Å². The third kappa shape index (κ3) is 3.74. The van der Waals surface area contributed by atoms with Crippen molar-refractivity contribution in [3.63, 3.8) is 0 Å². The van der Waals surface area contributed by atoms with Crippen LogP contribution in [-0.4, -0.2) is 13.9 Å². The van der Waals surface area contributed by atoms with Crippen molar-refractivity contribution in [3.05, 3.63) is 22.4 Å². The van der Waals surface area contributed by atoms with E-state index in [0.29, 0.717) is 5.78 Å². The van der Waals surface area contributed by atoms with Crippen LogP contribution in [0, 0.1) is 0 Å². The number of carbonyl (C=O) groups excluding carboxylic acids is 1. The Morgan fingerprint density at radius 3 is 2.25 bits per heavy atom. The van der Waals surface area contributed by atoms with Gasteiger partial charge < -0.3 is 0 Å². The fourth-order valence-electron chi connectivity index (χ4n) is 2.32. The Morgan fingerprint density at radius 1 is 1.19 bits per heavy atom. The standard InChI is InChI=1S/C14H24OSi/c1-11-8-6-7-9-13(11)14(15)12(2)10-16(3,4)5/h10H,6-9H2,1-5H3/b12-10+. The number of rotatable bonds is 3. The highest BCUT2D eigenvalue weighted by Crippen LogP contribution is 2.27. The number of carbonyl (C=O) groups is 1. The molecule has 1 aliphatic rings. The first-order valence-electron chi connectivity index (χ1n) is 6.24. The van der Waals surface area contributed by atoms with Crippen LogP contribution in [0.2, 0.25) is 19.6 Å². The Balaban J connectivity index is 2.90. The van der Waals surface area contributed by atoms with Gasteiger partial charge in [0.25, 0.3) is 0 Å². The molecule has 0 bridgehead atoms. The van der Waals surface area contributed by atoms with Crippen molar-refractivity contribution in [2.75, 3.05) is 0 Å². The van der Waals surface area contributed by atoms with Gasteiger partial charge in [-0.05, 0) is 50.7 Å². The topological polar surface area (TPSA) is 17.1 Å². The van der Waals surface area contributed by atoms with Gasteiger partial charge in [0.2, 0.25) is 0 Å². The minimum Gasteiger partial charge on any atom is -0.289 e. The van der Waals surface area contributed by atoms with Crippen molar-refractivity contribution >= 4 is 13.9 Å². The molecule has 90 valence electrons. The maximum Gasteiger partial charge on any atom is 0.183 e. The van der Waals surface area contributed by atoms with Crippen LogP contribution >= 0.6 is 0 Å². The van der Waals surface area contributed by atoms with Gasteiger partial charge in [-0.1, -0.05) is 30.9 Å². The van der Waals surface area contributed by atoms with E-state index in [1.165, 1.54) is 18.4 Å². The number of hydrogen-bond acceptors (Lipinski definition) is 1. The van der Waals surface area contributed by atoms with Crippen molar-refractivity contribution < 1.29 is 4.79 Å². The lowest BCUT2D eigenvalue weighted by molar-refractivity contribution is -0.112. The van der Waals surface area contributed by atoms with E-state index in [-0.39, 0.29) is 0 Å². The summed E-state index contributed by atoms with van der Waals surface area (Å²) in [5, 5.41) is 0. The van der Waals surface area contributed by atoms with E-state index in [0.717, 1.165) is 24.0 Å². The molecule has 0 aromatic rings. The SMILES string of the molecule is CC1=C(C(=O)/C(C)=C/[Si](C)(C)C)CCCC1. The van der Waals surface area contributed by atoms with Crippen molar-refractivity contribution in [3.8, 4) is 0 Å². The lowest BCUT2D eigenvalue weighted by atomic mass is 9.88. The zero-order valence-corrected chi connectivity index (χ0v) is 12.3. The minimum absolute atomic E-state index is 0.305. The Morgan fingerprint density at radius 2 is 1.75 bits per heavy atom. The number of hydrogen-bond donors (Lipinski definition) is 0. The molecular formula is C14H24OSi. The first-order chi connectivity index (χ1) is 7.31. The zero-order chi connectivity index (χ0) is 12.3. The summed E-state index contributed by atoms with van der Waals surface area (Å²) in [6.45, 7) is 10.9. The van der Waals surface area contributed by atoms with Gasteiger partial charge in [-0.25, -0.2) is 0 Å². The predicted octanol–water partition coefficient (Wildman–Crippen LogP) is 4.27. The van der Waals surface area contributed by atoms with Gasteiger partial charge in [0.15, 0.2) is 5.78 Å². The van der Waals surface area contributed by atoms with Crippen LogP contribution in [0.25, 0.3) is 0 Å². The maximum absolute atomic E-state index is 12.3. The lowest BCUT2D eigenvalue weighted by Gasteiger charge is -2.18. The molecule has 0 aliphatic heterocycles. The molecule has 0 saturated heterocycles. The van der Waals surface area contributed by atoms with Crippen molar-refractivity contribution in [2.24, 2.45) is 0 Å². The molecule has 0 atom stereocenters. The molecule has 0 spiro atoms. The van der Waals surface area contributed by atoms with Crippen LogP contribution in [0.15, 0.2) is 22.4 Å². The summed E-state index contributed by atoms with van der Waals surface area (Å²) in [6, 6.07) is 0. The van der Waals surface area contributed by atoms with E-state index in [1.807, 2.05) is 6.92 Å². The predicted molar refractivity (Wildman–Crippen MR) is 73.3 cm³/mol. The molecule has 0 aromatic carbocycles. The molecule has 1 rings (SSSR count). The summed E-state index contributed by atoms with van der Waals surface area (Å²) in [6.07, 6.45) is 4.53. The van der Waals surface area contributed by atoms with Crippen molar-refractivity contribution in [1.29, 1.82) is 0 Å². The molecule has 2 heteroatoms. The molecule has 1 nitrogen and oxygen atoms in total. The molecule has 0 saturated carbocycles. The second-order valence-corrected chi connectivity index (χ2v) is 11.0. The zero-order valence-electron chi connectivity index (χ0n) is 11.3. The van der Waals surface area contributed by atoms with E-state index >= 15 is 0 Å². The molecule has 1 aliphatic carbocycles. The molecule has 0 aromatic heterocycles. The third-order valence-electron chi connectivity index (χ3n) is 3.03. The molecule has 0 radical (unpaired) electrons. The first kappa shape index (κ1) is 13.4. The fraction of sp³-hybridized carbons (Fsp3) is 0.643. The highest BCUT2D eigenvalue weighted by atomic mass is 28.3.